The Morgan fingerprint density at radius 2 is 2.00 bits per heavy atom. The lowest BCUT2D eigenvalue weighted by molar-refractivity contribution is 0.555. The van der Waals surface area contributed by atoms with Gasteiger partial charge in [0.25, 0.3) is 0 Å². The molecule has 0 amide bonds. The summed E-state index contributed by atoms with van der Waals surface area (Å²) < 4.78 is 0. The molecule has 2 rings (SSSR count). The number of aryl methyl sites for hydroxylation is 1. The van der Waals surface area contributed by atoms with Crippen molar-refractivity contribution in [3.05, 3.63) is 52.0 Å². The van der Waals surface area contributed by atoms with E-state index in [1.54, 1.807) is 11.3 Å². The Morgan fingerprint density at radius 1 is 1.24 bits per heavy atom. The number of hydrogen-bond donors (Lipinski definition) is 1. The van der Waals surface area contributed by atoms with Crippen molar-refractivity contribution in [3.8, 4) is 0 Å². The van der Waals surface area contributed by atoms with E-state index in [-0.39, 0.29) is 0 Å². The molecular weight excluding hydrogens is 228 g/mol. The molecule has 2 nitrogen and oxygen atoms in total. The van der Waals surface area contributed by atoms with Crippen LogP contribution in [0.25, 0.3) is 0 Å². The van der Waals surface area contributed by atoms with Gasteiger partial charge in [-0.25, -0.2) is 4.98 Å². The first-order chi connectivity index (χ1) is 8.28. The Labute approximate surface area is 107 Å². The number of likely N-dealkylation sites (N-methyl/N-ethyl adjacent to an activating group) is 1. The molecule has 1 aromatic heterocycles. The largest absolute Gasteiger partial charge is 0.316 e. The zero-order valence-corrected chi connectivity index (χ0v) is 11.1. The molecule has 0 fully saturated rings. The van der Waals surface area contributed by atoms with Crippen molar-refractivity contribution < 1.29 is 0 Å². The highest BCUT2D eigenvalue weighted by Crippen LogP contribution is 2.11. The average molecular weight is 246 g/mol. The fraction of sp³-hybridized carbons (Fsp3) is 0.357. The van der Waals surface area contributed by atoms with Gasteiger partial charge in [-0.3, -0.25) is 0 Å². The van der Waals surface area contributed by atoms with Crippen molar-refractivity contribution in [1.82, 2.24) is 10.3 Å². The van der Waals surface area contributed by atoms with Crippen LogP contribution in [0.1, 0.15) is 16.1 Å². The van der Waals surface area contributed by atoms with Gasteiger partial charge in [0, 0.05) is 24.0 Å². The van der Waals surface area contributed by atoms with Gasteiger partial charge in [0.05, 0.1) is 5.01 Å². The molecule has 0 radical (unpaired) electrons. The molecule has 1 N–H and O–H groups in total. The molecule has 1 unspecified atom stereocenters. The van der Waals surface area contributed by atoms with Gasteiger partial charge in [-0.05, 0) is 26.0 Å². The van der Waals surface area contributed by atoms with Crippen molar-refractivity contribution >= 4 is 11.3 Å². The summed E-state index contributed by atoms with van der Waals surface area (Å²) in [5.41, 5.74) is 2.70. The zero-order valence-electron chi connectivity index (χ0n) is 10.3. The summed E-state index contributed by atoms with van der Waals surface area (Å²) in [6.07, 6.45) is 3.93. The van der Waals surface area contributed by atoms with Crippen molar-refractivity contribution in [2.75, 3.05) is 7.05 Å². The number of aromatic nitrogens is 1. The van der Waals surface area contributed by atoms with Crippen LogP contribution in [0.15, 0.2) is 35.8 Å². The van der Waals surface area contributed by atoms with E-state index in [4.69, 9.17) is 0 Å². The van der Waals surface area contributed by atoms with Gasteiger partial charge in [0.15, 0.2) is 0 Å². The molecule has 17 heavy (non-hydrogen) atoms. The van der Waals surface area contributed by atoms with E-state index in [0.717, 1.165) is 12.8 Å². The highest BCUT2D eigenvalue weighted by Gasteiger charge is 2.09. The zero-order chi connectivity index (χ0) is 12.1. The highest BCUT2D eigenvalue weighted by atomic mass is 32.1. The quantitative estimate of drug-likeness (QED) is 0.877. The highest BCUT2D eigenvalue weighted by molar-refractivity contribution is 7.09. The van der Waals surface area contributed by atoms with Crippen LogP contribution in [0.3, 0.4) is 0 Å². The third kappa shape index (κ3) is 3.65. The molecule has 0 saturated heterocycles. The van der Waals surface area contributed by atoms with Crippen molar-refractivity contribution in [3.63, 3.8) is 0 Å². The topological polar surface area (TPSA) is 24.9 Å². The van der Waals surface area contributed by atoms with Gasteiger partial charge in [0.1, 0.15) is 0 Å². The first-order valence-corrected chi connectivity index (χ1v) is 6.77. The Bertz CT molecular complexity index is 434. The predicted octanol–water partition coefficient (Wildman–Crippen LogP) is 2.82. The molecular formula is C14H18N2S. The molecule has 0 saturated carbocycles. The molecule has 3 heteroatoms. The monoisotopic (exact) mass is 246 g/mol. The Hall–Kier alpha value is -1.19. The molecule has 0 spiro atoms. The maximum Gasteiger partial charge on any atom is 0.0940 e. The van der Waals surface area contributed by atoms with Crippen LogP contribution in [0.2, 0.25) is 0 Å². The number of thiazole rings is 1. The number of rotatable bonds is 5. The third-order valence-electron chi connectivity index (χ3n) is 2.92. The minimum absolute atomic E-state index is 0.462. The molecule has 0 aliphatic heterocycles. The molecule has 1 atom stereocenters. The SMILES string of the molecule is CNC(Cc1ccc(C)cc1)Cc1nccs1. The van der Waals surface area contributed by atoms with Crippen LogP contribution < -0.4 is 5.32 Å². The van der Waals surface area contributed by atoms with E-state index >= 15 is 0 Å². The minimum atomic E-state index is 0.462. The summed E-state index contributed by atoms with van der Waals surface area (Å²) in [5.74, 6) is 0. The first-order valence-electron chi connectivity index (χ1n) is 5.89. The fourth-order valence-corrected chi connectivity index (χ4v) is 2.55. The van der Waals surface area contributed by atoms with Gasteiger partial charge in [-0.15, -0.1) is 11.3 Å². The van der Waals surface area contributed by atoms with Crippen molar-refractivity contribution in [2.24, 2.45) is 0 Å². The lowest BCUT2D eigenvalue weighted by atomic mass is 10.0. The van der Waals surface area contributed by atoms with Crippen molar-refractivity contribution in [1.29, 1.82) is 0 Å². The molecule has 0 bridgehead atoms. The van der Waals surface area contributed by atoms with Crippen LogP contribution in [-0.4, -0.2) is 18.1 Å². The molecule has 0 aliphatic rings. The van der Waals surface area contributed by atoms with E-state index in [1.807, 2.05) is 18.6 Å². The second kappa shape index (κ2) is 5.94. The minimum Gasteiger partial charge on any atom is -0.316 e. The summed E-state index contributed by atoms with van der Waals surface area (Å²) in [5, 5.41) is 6.61. The molecule has 2 aromatic rings. The second-order valence-corrected chi connectivity index (χ2v) is 5.28. The standard InChI is InChI=1S/C14H18N2S/c1-11-3-5-12(6-4-11)9-13(15-2)10-14-16-7-8-17-14/h3-8,13,15H,9-10H2,1-2H3. The summed E-state index contributed by atoms with van der Waals surface area (Å²) in [6, 6.07) is 9.23. The number of hydrogen-bond acceptors (Lipinski definition) is 3. The Morgan fingerprint density at radius 3 is 2.59 bits per heavy atom. The van der Waals surface area contributed by atoms with Gasteiger partial charge in [-0.1, -0.05) is 29.8 Å². The van der Waals surface area contributed by atoms with Gasteiger partial charge in [-0.2, -0.15) is 0 Å². The van der Waals surface area contributed by atoms with Crippen LogP contribution in [0.4, 0.5) is 0 Å². The van der Waals surface area contributed by atoms with Gasteiger partial charge < -0.3 is 5.32 Å². The smallest absolute Gasteiger partial charge is 0.0940 e. The van der Waals surface area contributed by atoms with Gasteiger partial charge in [0.2, 0.25) is 0 Å². The lowest BCUT2D eigenvalue weighted by Gasteiger charge is -2.14. The Kier molecular flexibility index (Phi) is 4.29. The first kappa shape index (κ1) is 12.3. The molecule has 1 aromatic carbocycles. The third-order valence-corrected chi connectivity index (χ3v) is 3.72. The van der Waals surface area contributed by atoms with E-state index in [2.05, 4.69) is 41.5 Å². The number of nitrogens with one attached hydrogen (secondary N) is 1. The van der Waals surface area contributed by atoms with E-state index in [0.29, 0.717) is 6.04 Å². The maximum atomic E-state index is 4.34. The van der Waals surface area contributed by atoms with Crippen LogP contribution in [-0.2, 0) is 12.8 Å². The second-order valence-electron chi connectivity index (χ2n) is 4.31. The van der Waals surface area contributed by atoms with E-state index in [1.165, 1.54) is 16.1 Å². The summed E-state index contributed by atoms with van der Waals surface area (Å²) in [4.78, 5) is 4.34. The maximum absolute atomic E-state index is 4.34. The Balaban J connectivity index is 1.97. The molecule has 1 heterocycles. The number of nitrogens with zero attached hydrogens (tertiary/aromatic N) is 1. The lowest BCUT2D eigenvalue weighted by Crippen LogP contribution is -2.29. The van der Waals surface area contributed by atoms with E-state index < -0.39 is 0 Å². The van der Waals surface area contributed by atoms with Crippen LogP contribution in [0, 0.1) is 6.92 Å². The molecule has 90 valence electrons. The fourth-order valence-electron chi connectivity index (χ4n) is 1.85. The summed E-state index contributed by atoms with van der Waals surface area (Å²) in [7, 11) is 2.02. The number of benzene rings is 1. The normalized spacial score (nSPS) is 12.6. The van der Waals surface area contributed by atoms with Crippen molar-refractivity contribution in [2.45, 2.75) is 25.8 Å². The van der Waals surface area contributed by atoms with Crippen LogP contribution in [0.5, 0.6) is 0 Å². The summed E-state index contributed by atoms with van der Waals surface area (Å²) in [6.45, 7) is 2.12. The predicted molar refractivity (Wildman–Crippen MR) is 73.5 cm³/mol. The average Bonchev–Trinajstić information content (AvgIpc) is 2.84. The van der Waals surface area contributed by atoms with E-state index in [9.17, 15) is 0 Å². The van der Waals surface area contributed by atoms with Gasteiger partial charge >= 0.3 is 0 Å². The molecule has 0 aliphatic carbocycles. The van der Waals surface area contributed by atoms with Crippen LogP contribution >= 0.6 is 11.3 Å². The summed E-state index contributed by atoms with van der Waals surface area (Å²) >= 11 is 1.73.